The molecule has 2 rings (SSSR count). The van der Waals surface area contributed by atoms with Gasteiger partial charge in [-0.15, -0.1) is 0 Å². The molecule has 76 valence electrons. The van der Waals surface area contributed by atoms with Crippen LogP contribution in [0.15, 0.2) is 24.3 Å². The van der Waals surface area contributed by atoms with Crippen LogP contribution in [0.4, 0.5) is 0 Å². The van der Waals surface area contributed by atoms with Crippen LogP contribution in [0.2, 0.25) is 0 Å². The molecule has 0 aliphatic heterocycles. The highest BCUT2D eigenvalue weighted by Crippen LogP contribution is 2.35. The van der Waals surface area contributed by atoms with Crippen LogP contribution in [-0.4, -0.2) is 10.6 Å². The number of benzene rings is 1. The van der Waals surface area contributed by atoms with E-state index in [2.05, 4.69) is 12.1 Å². The van der Waals surface area contributed by atoms with Gasteiger partial charge in [0.15, 0.2) is 0 Å². The van der Waals surface area contributed by atoms with Crippen molar-refractivity contribution in [2.45, 2.75) is 37.8 Å². The zero-order valence-corrected chi connectivity index (χ0v) is 8.53. The van der Waals surface area contributed by atoms with Crippen molar-refractivity contribution >= 4 is 0 Å². The normalized spacial score (nSPS) is 20.5. The van der Waals surface area contributed by atoms with E-state index in [9.17, 15) is 5.11 Å². The lowest BCUT2D eigenvalue weighted by Crippen LogP contribution is -2.24. The van der Waals surface area contributed by atoms with Crippen LogP contribution >= 0.6 is 0 Å². The van der Waals surface area contributed by atoms with Gasteiger partial charge in [0.05, 0.1) is 6.10 Å². The van der Waals surface area contributed by atoms with E-state index in [1.807, 2.05) is 12.1 Å². The topological polar surface area (TPSA) is 46.2 Å². The highest BCUT2D eigenvalue weighted by atomic mass is 16.3. The molecule has 1 aliphatic carbocycles. The van der Waals surface area contributed by atoms with Crippen molar-refractivity contribution in [1.82, 2.24) is 0 Å². The van der Waals surface area contributed by atoms with Crippen LogP contribution in [0.1, 0.15) is 37.0 Å². The van der Waals surface area contributed by atoms with E-state index in [-0.39, 0.29) is 11.6 Å². The number of hydrogen-bond acceptors (Lipinski definition) is 2. The second kappa shape index (κ2) is 3.37. The van der Waals surface area contributed by atoms with Crippen molar-refractivity contribution in [3.63, 3.8) is 0 Å². The minimum absolute atomic E-state index is 0.0529. The molecule has 0 saturated heterocycles. The van der Waals surface area contributed by atoms with Gasteiger partial charge in [-0.05, 0) is 37.3 Å². The molecule has 0 aromatic heterocycles. The Bertz CT molecular complexity index is 329. The summed E-state index contributed by atoms with van der Waals surface area (Å²) in [5.41, 5.74) is 8.31. The number of nitrogens with two attached hydrogens (primary N) is 1. The van der Waals surface area contributed by atoms with Crippen LogP contribution < -0.4 is 5.73 Å². The summed E-state index contributed by atoms with van der Waals surface area (Å²) < 4.78 is 0. The van der Waals surface area contributed by atoms with Gasteiger partial charge in [0.25, 0.3) is 0 Å². The van der Waals surface area contributed by atoms with Gasteiger partial charge in [-0.2, -0.15) is 0 Å². The first kappa shape index (κ1) is 9.69. The maximum Gasteiger partial charge on any atom is 0.0762 e. The molecule has 0 radical (unpaired) electrons. The fraction of sp³-hybridized carbons (Fsp3) is 0.500. The average Bonchev–Trinajstić information content (AvgIpc) is 2.83. The van der Waals surface area contributed by atoms with Gasteiger partial charge in [0.1, 0.15) is 0 Å². The third-order valence-corrected chi connectivity index (χ3v) is 2.88. The van der Waals surface area contributed by atoms with Crippen molar-refractivity contribution in [3.05, 3.63) is 35.4 Å². The Labute approximate surface area is 84.7 Å². The number of hydrogen-bond donors (Lipinski definition) is 2. The van der Waals surface area contributed by atoms with Gasteiger partial charge < -0.3 is 10.8 Å². The van der Waals surface area contributed by atoms with Gasteiger partial charge in [-0.1, -0.05) is 24.3 Å². The molecule has 1 aromatic rings. The molecule has 1 aliphatic rings. The Morgan fingerprint density at radius 1 is 1.50 bits per heavy atom. The lowest BCUT2D eigenvalue weighted by molar-refractivity contribution is 0.199. The van der Waals surface area contributed by atoms with Gasteiger partial charge in [0.2, 0.25) is 0 Å². The second-order valence-electron chi connectivity index (χ2n) is 4.46. The number of rotatable bonds is 3. The fourth-order valence-electron chi connectivity index (χ4n) is 1.71. The first-order valence-electron chi connectivity index (χ1n) is 5.15. The lowest BCUT2D eigenvalue weighted by Gasteiger charge is -2.11. The molecule has 1 fully saturated rings. The van der Waals surface area contributed by atoms with Gasteiger partial charge in [-0.3, -0.25) is 0 Å². The Balaban J connectivity index is 2.13. The minimum atomic E-state index is -0.386. The van der Waals surface area contributed by atoms with Crippen molar-refractivity contribution in [2.24, 2.45) is 5.73 Å². The molecular formula is C12H17NO. The van der Waals surface area contributed by atoms with E-state index in [1.165, 1.54) is 5.56 Å². The molecule has 0 heterocycles. The maximum absolute atomic E-state index is 9.43. The summed E-state index contributed by atoms with van der Waals surface area (Å²) in [6, 6.07) is 8.07. The molecule has 14 heavy (non-hydrogen) atoms. The van der Waals surface area contributed by atoms with E-state index in [4.69, 9.17) is 5.73 Å². The van der Waals surface area contributed by atoms with Gasteiger partial charge >= 0.3 is 0 Å². The molecule has 0 spiro atoms. The van der Waals surface area contributed by atoms with Crippen molar-refractivity contribution in [1.29, 1.82) is 0 Å². The summed E-state index contributed by atoms with van der Waals surface area (Å²) in [7, 11) is 0. The molecule has 1 aromatic carbocycles. The molecule has 2 nitrogen and oxygen atoms in total. The summed E-state index contributed by atoms with van der Waals surface area (Å²) in [5.74, 6) is 0. The van der Waals surface area contributed by atoms with Crippen molar-refractivity contribution in [3.8, 4) is 0 Å². The van der Waals surface area contributed by atoms with Crippen LogP contribution in [0.25, 0.3) is 0 Å². The Hall–Kier alpha value is -0.860. The first-order valence-corrected chi connectivity index (χ1v) is 5.15. The van der Waals surface area contributed by atoms with Crippen LogP contribution in [0.3, 0.4) is 0 Å². The Kier molecular flexibility index (Phi) is 2.33. The number of aliphatic hydroxyl groups is 1. The summed E-state index contributed by atoms with van der Waals surface area (Å²) in [5, 5.41) is 9.43. The highest BCUT2D eigenvalue weighted by molar-refractivity contribution is 5.27. The quantitative estimate of drug-likeness (QED) is 0.765. The zero-order valence-electron chi connectivity index (χ0n) is 8.53. The maximum atomic E-state index is 9.43. The molecular weight excluding hydrogens is 174 g/mol. The smallest absolute Gasteiger partial charge is 0.0762 e. The standard InChI is InChI=1S/C12H17NO/c1-9(14)11-4-2-3-10(7-11)8-12(13)5-6-12/h2-4,7,9,14H,5-6,8,13H2,1H3. The molecule has 0 amide bonds. The first-order chi connectivity index (χ1) is 6.59. The van der Waals surface area contributed by atoms with Crippen molar-refractivity contribution in [2.75, 3.05) is 0 Å². The fourth-order valence-corrected chi connectivity index (χ4v) is 1.71. The molecule has 1 atom stereocenters. The van der Waals surface area contributed by atoms with Crippen LogP contribution in [0.5, 0.6) is 0 Å². The van der Waals surface area contributed by atoms with E-state index >= 15 is 0 Å². The second-order valence-corrected chi connectivity index (χ2v) is 4.46. The van der Waals surface area contributed by atoms with Gasteiger partial charge in [-0.25, -0.2) is 0 Å². The summed E-state index contributed by atoms with van der Waals surface area (Å²) in [6.07, 6.45) is 2.81. The van der Waals surface area contributed by atoms with E-state index in [0.717, 1.165) is 24.8 Å². The summed E-state index contributed by atoms with van der Waals surface area (Å²) in [4.78, 5) is 0. The summed E-state index contributed by atoms with van der Waals surface area (Å²) >= 11 is 0. The number of aliphatic hydroxyl groups excluding tert-OH is 1. The third kappa shape index (κ3) is 2.14. The molecule has 1 unspecified atom stereocenters. The monoisotopic (exact) mass is 191 g/mol. The predicted octanol–water partition coefficient (Wildman–Crippen LogP) is 1.77. The Morgan fingerprint density at radius 3 is 2.79 bits per heavy atom. The predicted molar refractivity (Wildman–Crippen MR) is 56.9 cm³/mol. The molecule has 3 N–H and O–H groups in total. The van der Waals surface area contributed by atoms with E-state index in [0.29, 0.717) is 0 Å². The largest absolute Gasteiger partial charge is 0.389 e. The lowest BCUT2D eigenvalue weighted by atomic mass is 10.0. The Morgan fingerprint density at radius 2 is 2.21 bits per heavy atom. The van der Waals surface area contributed by atoms with E-state index in [1.54, 1.807) is 6.92 Å². The molecule has 2 heteroatoms. The molecule has 0 bridgehead atoms. The molecule has 1 saturated carbocycles. The third-order valence-electron chi connectivity index (χ3n) is 2.88. The van der Waals surface area contributed by atoms with E-state index < -0.39 is 0 Å². The minimum Gasteiger partial charge on any atom is -0.389 e. The zero-order chi connectivity index (χ0) is 10.2. The van der Waals surface area contributed by atoms with Gasteiger partial charge in [0, 0.05) is 5.54 Å². The average molecular weight is 191 g/mol. The SMILES string of the molecule is CC(O)c1cccc(CC2(N)CC2)c1. The van der Waals surface area contributed by atoms with Crippen molar-refractivity contribution < 1.29 is 5.11 Å². The van der Waals surface area contributed by atoms with Crippen LogP contribution in [0, 0.1) is 0 Å². The summed E-state index contributed by atoms with van der Waals surface area (Å²) in [6.45, 7) is 1.79. The van der Waals surface area contributed by atoms with Crippen LogP contribution in [-0.2, 0) is 6.42 Å². The highest BCUT2D eigenvalue weighted by Gasteiger charge is 2.37.